The lowest BCUT2D eigenvalue weighted by Crippen LogP contribution is -2.12. The van der Waals surface area contributed by atoms with Gasteiger partial charge in [0.2, 0.25) is 0 Å². The van der Waals surface area contributed by atoms with Crippen molar-refractivity contribution in [3.05, 3.63) is 101 Å². The Morgan fingerprint density at radius 1 is 0.846 bits per heavy atom. The van der Waals surface area contributed by atoms with E-state index in [0.717, 1.165) is 11.4 Å². The minimum atomic E-state index is -0.313. The van der Waals surface area contributed by atoms with Crippen LogP contribution in [0.15, 0.2) is 85.0 Å². The molecule has 0 amide bonds. The Morgan fingerprint density at radius 3 is 1.92 bits per heavy atom. The van der Waals surface area contributed by atoms with E-state index in [1.807, 2.05) is 60.7 Å². The molecule has 26 heavy (non-hydrogen) atoms. The number of rotatable bonds is 6. The van der Waals surface area contributed by atoms with Gasteiger partial charge in [-0.15, -0.1) is 0 Å². The van der Waals surface area contributed by atoms with Crippen LogP contribution in [-0.4, -0.2) is 10.8 Å². The monoisotopic (exact) mass is 383 g/mol. The molecule has 2 N–H and O–H groups in total. The molecule has 0 aliphatic heterocycles. The van der Waals surface area contributed by atoms with Crippen LogP contribution in [-0.2, 0) is 0 Å². The van der Waals surface area contributed by atoms with Crippen LogP contribution in [0.4, 0.5) is 11.4 Å². The molecule has 3 aromatic rings. The molecule has 6 heteroatoms. The van der Waals surface area contributed by atoms with Crippen LogP contribution in [0.5, 0.6) is 0 Å². The number of ketones is 1. The second-order valence-electron chi connectivity index (χ2n) is 5.39. The number of pyridine rings is 1. The molecule has 2 aromatic carbocycles. The third-order valence-corrected chi connectivity index (χ3v) is 4.27. The minimum Gasteiger partial charge on any atom is -0.342 e. The van der Waals surface area contributed by atoms with Crippen molar-refractivity contribution in [1.82, 2.24) is 4.98 Å². The van der Waals surface area contributed by atoms with Crippen LogP contribution in [0.1, 0.15) is 10.4 Å². The summed E-state index contributed by atoms with van der Waals surface area (Å²) in [5.74, 6) is 0.190. The number of halogens is 2. The molecule has 1 aromatic heterocycles. The molecule has 0 fully saturated rings. The first-order valence-electron chi connectivity index (χ1n) is 7.82. The van der Waals surface area contributed by atoms with Crippen molar-refractivity contribution in [3.8, 4) is 0 Å². The summed E-state index contributed by atoms with van der Waals surface area (Å²) >= 11 is 12.1. The van der Waals surface area contributed by atoms with E-state index in [9.17, 15) is 4.79 Å². The number of allylic oxidation sites excluding steroid dienone is 1. The summed E-state index contributed by atoms with van der Waals surface area (Å²) in [6, 6.07) is 19.1. The maximum Gasteiger partial charge on any atom is 0.192 e. The first-order valence-corrected chi connectivity index (χ1v) is 8.58. The van der Waals surface area contributed by atoms with Gasteiger partial charge in [-0.1, -0.05) is 59.6 Å². The molecule has 4 nitrogen and oxygen atoms in total. The predicted octanol–water partition coefficient (Wildman–Crippen LogP) is 5.64. The fraction of sp³-hybridized carbons (Fsp3) is 0. The van der Waals surface area contributed by atoms with Crippen LogP contribution in [0, 0.1) is 0 Å². The van der Waals surface area contributed by atoms with Crippen molar-refractivity contribution in [3.63, 3.8) is 0 Å². The molecule has 130 valence electrons. The largest absolute Gasteiger partial charge is 0.342 e. The average molecular weight is 384 g/mol. The summed E-state index contributed by atoms with van der Waals surface area (Å²) in [5.41, 5.74) is 1.91. The van der Waals surface area contributed by atoms with Crippen molar-refractivity contribution >= 4 is 40.4 Å². The van der Waals surface area contributed by atoms with Crippen molar-refractivity contribution in [2.24, 2.45) is 0 Å². The van der Waals surface area contributed by atoms with E-state index in [2.05, 4.69) is 15.6 Å². The quantitative estimate of drug-likeness (QED) is 0.427. The lowest BCUT2D eigenvalue weighted by atomic mass is 10.2. The van der Waals surface area contributed by atoms with Gasteiger partial charge in [-0.25, -0.2) is 0 Å². The number of hydrogen-bond donors (Lipinski definition) is 2. The van der Waals surface area contributed by atoms with Gasteiger partial charge in [0.1, 0.15) is 5.82 Å². The number of para-hydroxylation sites is 2. The second kappa shape index (κ2) is 8.52. The van der Waals surface area contributed by atoms with Crippen molar-refractivity contribution < 1.29 is 4.79 Å². The average Bonchev–Trinajstić information content (AvgIpc) is 2.65. The Bertz CT molecular complexity index is 885. The summed E-state index contributed by atoms with van der Waals surface area (Å²) in [5, 5.41) is 6.81. The Labute approximate surface area is 161 Å². The number of carbonyl (C=O) groups excluding carboxylic acids is 1. The molecule has 3 rings (SSSR count). The minimum absolute atomic E-state index is 0.182. The highest BCUT2D eigenvalue weighted by atomic mass is 35.5. The Morgan fingerprint density at radius 2 is 1.38 bits per heavy atom. The second-order valence-corrected chi connectivity index (χ2v) is 6.17. The molecule has 0 unspecified atom stereocenters. The fourth-order valence-corrected chi connectivity index (χ4v) is 2.61. The van der Waals surface area contributed by atoms with Crippen LogP contribution in [0.2, 0.25) is 10.0 Å². The first kappa shape index (κ1) is 18.0. The van der Waals surface area contributed by atoms with Gasteiger partial charge in [-0.3, -0.25) is 9.78 Å². The third-order valence-electron chi connectivity index (χ3n) is 3.48. The van der Waals surface area contributed by atoms with Crippen LogP contribution in [0.3, 0.4) is 0 Å². The van der Waals surface area contributed by atoms with Gasteiger partial charge < -0.3 is 10.6 Å². The number of benzene rings is 2. The van der Waals surface area contributed by atoms with E-state index < -0.39 is 0 Å². The lowest BCUT2D eigenvalue weighted by Gasteiger charge is -2.14. The van der Waals surface area contributed by atoms with E-state index in [-0.39, 0.29) is 21.4 Å². The molecule has 0 atom stereocenters. The van der Waals surface area contributed by atoms with E-state index >= 15 is 0 Å². The molecule has 0 radical (unpaired) electrons. The Hall–Kier alpha value is -2.82. The number of carbonyl (C=O) groups is 1. The zero-order valence-corrected chi connectivity index (χ0v) is 15.1. The molecule has 0 bridgehead atoms. The van der Waals surface area contributed by atoms with E-state index in [0.29, 0.717) is 5.82 Å². The van der Waals surface area contributed by atoms with Gasteiger partial charge in [0.15, 0.2) is 5.78 Å². The van der Waals surface area contributed by atoms with E-state index in [1.165, 1.54) is 18.5 Å². The van der Waals surface area contributed by atoms with Gasteiger partial charge in [0, 0.05) is 29.8 Å². The van der Waals surface area contributed by atoms with Gasteiger partial charge in [0.25, 0.3) is 0 Å². The topological polar surface area (TPSA) is 54.0 Å². The summed E-state index contributed by atoms with van der Waals surface area (Å²) in [6.45, 7) is 0. The first-order chi connectivity index (χ1) is 12.6. The summed E-state index contributed by atoms with van der Waals surface area (Å²) in [7, 11) is 0. The zero-order valence-electron chi connectivity index (χ0n) is 13.6. The SMILES string of the molecule is O=C(C=C(Nc1ccccc1)Nc1ccccc1)c1cncc(Cl)c1Cl. The van der Waals surface area contributed by atoms with Gasteiger partial charge in [-0.2, -0.15) is 0 Å². The summed E-state index contributed by atoms with van der Waals surface area (Å²) in [6.07, 6.45) is 4.23. The van der Waals surface area contributed by atoms with Crippen LogP contribution < -0.4 is 10.6 Å². The lowest BCUT2D eigenvalue weighted by molar-refractivity contribution is 0.104. The number of aromatic nitrogens is 1. The molecule has 1 heterocycles. The van der Waals surface area contributed by atoms with E-state index in [4.69, 9.17) is 23.2 Å². The third kappa shape index (κ3) is 4.63. The molecule has 0 saturated carbocycles. The van der Waals surface area contributed by atoms with Crippen LogP contribution >= 0.6 is 23.2 Å². The maximum atomic E-state index is 12.7. The highest BCUT2D eigenvalue weighted by Gasteiger charge is 2.13. The molecule has 0 spiro atoms. The fourth-order valence-electron chi connectivity index (χ4n) is 2.26. The molecular formula is C20H15Cl2N3O. The molecule has 0 aliphatic rings. The number of nitrogens with zero attached hydrogens (tertiary/aromatic N) is 1. The molecular weight excluding hydrogens is 369 g/mol. The van der Waals surface area contributed by atoms with Crippen molar-refractivity contribution in [2.75, 3.05) is 10.6 Å². The summed E-state index contributed by atoms with van der Waals surface area (Å²) < 4.78 is 0. The number of nitrogens with one attached hydrogen (secondary N) is 2. The predicted molar refractivity (Wildman–Crippen MR) is 107 cm³/mol. The standard InChI is InChI=1S/C20H15Cl2N3O/c21-17-13-23-12-16(20(17)22)18(26)11-19(24-14-7-3-1-4-8-14)25-15-9-5-2-6-10-15/h1-13,24-25H. The van der Waals surface area contributed by atoms with E-state index in [1.54, 1.807) is 0 Å². The molecule has 0 saturated heterocycles. The van der Waals surface area contributed by atoms with Crippen molar-refractivity contribution in [1.29, 1.82) is 0 Å². The highest BCUT2D eigenvalue weighted by molar-refractivity contribution is 6.44. The zero-order chi connectivity index (χ0) is 18.4. The Kier molecular flexibility index (Phi) is 5.89. The number of anilines is 2. The highest BCUT2D eigenvalue weighted by Crippen LogP contribution is 2.25. The number of hydrogen-bond acceptors (Lipinski definition) is 4. The van der Waals surface area contributed by atoms with Gasteiger partial charge in [0.05, 0.1) is 15.6 Å². The maximum absolute atomic E-state index is 12.7. The molecule has 0 aliphatic carbocycles. The van der Waals surface area contributed by atoms with Crippen LogP contribution in [0.25, 0.3) is 0 Å². The summed E-state index contributed by atoms with van der Waals surface area (Å²) in [4.78, 5) is 16.6. The van der Waals surface area contributed by atoms with Gasteiger partial charge in [-0.05, 0) is 24.3 Å². The normalized spacial score (nSPS) is 10.1. The Balaban J connectivity index is 1.92. The smallest absolute Gasteiger partial charge is 0.192 e. The van der Waals surface area contributed by atoms with Gasteiger partial charge >= 0.3 is 0 Å². The van der Waals surface area contributed by atoms with Crippen molar-refractivity contribution in [2.45, 2.75) is 0 Å².